The molecule has 0 unspecified atom stereocenters. The normalized spacial score (nSPS) is 11.7. The van der Waals surface area contributed by atoms with Gasteiger partial charge in [0.2, 0.25) is 0 Å². The molecule has 0 radical (unpaired) electrons. The van der Waals surface area contributed by atoms with Crippen LogP contribution in [0.1, 0.15) is 53.4 Å². The molecule has 0 fully saturated rings. The minimum Gasteiger partial charge on any atom is -0.380 e. The molecule has 0 aromatic carbocycles. The van der Waals surface area contributed by atoms with E-state index in [1.54, 1.807) is 0 Å². The summed E-state index contributed by atoms with van der Waals surface area (Å²) in [4.78, 5) is 2.56. The maximum Gasteiger partial charge on any atom is 0.0590 e. The van der Waals surface area contributed by atoms with Crippen molar-refractivity contribution in [2.75, 3.05) is 45.9 Å². The van der Waals surface area contributed by atoms with Crippen molar-refractivity contribution < 1.29 is 4.74 Å². The van der Waals surface area contributed by atoms with Gasteiger partial charge >= 0.3 is 0 Å². The summed E-state index contributed by atoms with van der Waals surface area (Å²) in [6.45, 7) is 16.4. The fourth-order valence-electron chi connectivity index (χ4n) is 2.15. The van der Waals surface area contributed by atoms with Gasteiger partial charge in [-0.3, -0.25) is 0 Å². The summed E-state index contributed by atoms with van der Waals surface area (Å²) in [7, 11) is 0. The third kappa shape index (κ3) is 11.4. The molecule has 0 saturated heterocycles. The monoisotopic (exact) mass is 272 g/mol. The molecule has 0 aromatic rings. The lowest BCUT2D eigenvalue weighted by molar-refractivity contribution is 0.132. The highest BCUT2D eigenvalue weighted by Crippen LogP contribution is 2.09. The minimum atomic E-state index is 0.846. The molecule has 0 aliphatic carbocycles. The van der Waals surface area contributed by atoms with Gasteiger partial charge in [0.05, 0.1) is 6.61 Å². The highest BCUT2D eigenvalue weighted by Gasteiger charge is 2.08. The quantitative estimate of drug-likeness (QED) is 0.492. The zero-order chi connectivity index (χ0) is 14.3. The smallest absolute Gasteiger partial charge is 0.0590 e. The Morgan fingerprint density at radius 1 is 1.00 bits per heavy atom. The summed E-state index contributed by atoms with van der Waals surface area (Å²) in [6, 6.07) is 0. The first-order valence-corrected chi connectivity index (χ1v) is 8.29. The Bertz CT molecular complexity index is 172. The lowest BCUT2D eigenvalue weighted by Crippen LogP contribution is -2.36. The molecule has 0 amide bonds. The lowest BCUT2D eigenvalue weighted by Gasteiger charge is -2.25. The highest BCUT2D eigenvalue weighted by molar-refractivity contribution is 4.64. The summed E-state index contributed by atoms with van der Waals surface area (Å²) >= 11 is 0. The molecule has 0 atom stereocenters. The number of ether oxygens (including phenoxy) is 1. The first-order chi connectivity index (χ1) is 9.28. The van der Waals surface area contributed by atoms with E-state index in [1.165, 1.54) is 32.2 Å². The van der Waals surface area contributed by atoms with Crippen molar-refractivity contribution in [3.05, 3.63) is 0 Å². The van der Waals surface area contributed by atoms with Crippen LogP contribution < -0.4 is 5.32 Å². The minimum absolute atomic E-state index is 0.846. The van der Waals surface area contributed by atoms with Crippen LogP contribution in [0.25, 0.3) is 0 Å². The third-order valence-corrected chi connectivity index (χ3v) is 3.79. The number of likely N-dealkylation sites (N-methyl/N-ethyl adjacent to an activating group) is 1. The molecule has 0 aromatic heterocycles. The van der Waals surface area contributed by atoms with Crippen molar-refractivity contribution >= 4 is 0 Å². The summed E-state index contributed by atoms with van der Waals surface area (Å²) < 4.78 is 5.53. The number of nitrogens with zero attached hydrogens (tertiary/aromatic N) is 1. The van der Waals surface area contributed by atoms with Crippen LogP contribution in [0.5, 0.6) is 0 Å². The topological polar surface area (TPSA) is 24.5 Å². The molecular formula is C16H36N2O. The van der Waals surface area contributed by atoms with E-state index < -0.39 is 0 Å². The Morgan fingerprint density at radius 2 is 1.74 bits per heavy atom. The van der Waals surface area contributed by atoms with Gasteiger partial charge < -0.3 is 15.0 Å². The number of hydrogen-bond donors (Lipinski definition) is 1. The average Bonchev–Trinajstić information content (AvgIpc) is 2.45. The zero-order valence-corrected chi connectivity index (χ0v) is 13.7. The molecule has 0 saturated carbocycles. The molecular weight excluding hydrogens is 236 g/mol. The molecule has 0 aliphatic rings. The van der Waals surface area contributed by atoms with Crippen molar-refractivity contribution in [1.82, 2.24) is 10.2 Å². The Hall–Kier alpha value is -0.120. The number of hydrogen-bond acceptors (Lipinski definition) is 3. The molecule has 0 spiro atoms. The predicted octanol–water partition coefficient (Wildman–Crippen LogP) is 3.15. The molecule has 116 valence electrons. The SMILES string of the molecule is CCCCOCCNCCN(CC)CC(CC)CC. The van der Waals surface area contributed by atoms with Crippen LogP contribution in [-0.2, 0) is 4.74 Å². The summed E-state index contributed by atoms with van der Waals surface area (Å²) in [6.07, 6.45) is 4.99. The van der Waals surface area contributed by atoms with E-state index in [0.29, 0.717) is 0 Å². The van der Waals surface area contributed by atoms with Crippen molar-refractivity contribution in [1.29, 1.82) is 0 Å². The second kappa shape index (κ2) is 14.3. The van der Waals surface area contributed by atoms with Gasteiger partial charge in [-0.1, -0.05) is 47.0 Å². The van der Waals surface area contributed by atoms with Crippen LogP contribution >= 0.6 is 0 Å². The van der Waals surface area contributed by atoms with E-state index in [1.807, 2.05) is 0 Å². The van der Waals surface area contributed by atoms with Gasteiger partial charge in [-0.05, 0) is 18.9 Å². The van der Waals surface area contributed by atoms with Gasteiger partial charge in [-0.15, -0.1) is 0 Å². The number of unbranched alkanes of at least 4 members (excludes halogenated alkanes) is 1. The Kier molecular flexibility index (Phi) is 14.2. The van der Waals surface area contributed by atoms with Crippen LogP contribution in [0.15, 0.2) is 0 Å². The number of nitrogens with one attached hydrogen (secondary N) is 1. The van der Waals surface area contributed by atoms with Crippen LogP contribution in [0.4, 0.5) is 0 Å². The molecule has 0 aliphatic heterocycles. The van der Waals surface area contributed by atoms with Crippen molar-refractivity contribution in [2.45, 2.75) is 53.4 Å². The molecule has 0 rings (SSSR count). The predicted molar refractivity (Wildman–Crippen MR) is 84.8 cm³/mol. The van der Waals surface area contributed by atoms with Gasteiger partial charge in [0.1, 0.15) is 0 Å². The molecule has 0 bridgehead atoms. The van der Waals surface area contributed by atoms with Crippen LogP contribution in [0, 0.1) is 5.92 Å². The standard InChI is InChI=1S/C16H36N2O/c1-5-9-13-19-14-11-17-10-12-18(8-4)15-16(6-2)7-3/h16-17H,5-15H2,1-4H3. The Labute approximate surface area is 121 Å². The first kappa shape index (κ1) is 18.9. The van der Waals surface area contributed by atoms with Crippen LogP contribution in [-0.4, -0.2) is 50.8 Å². The van der Waals surface area contributed by atoms with Gasteiger partial charge in [0.15, 0.2) is 0 Å². The van der Waals surface area contributed by atoms with E-state index in [9.17, 15) is 0 Å². The van der Waals surface area contributed by atoms with Gasteiger partial charge in [0.25, 0.3) is 0 Å². The Morgan fingerprint density at radius 3 is 2.32 bits per heavy atom. The second-order valence-electron chi connectivity index (χ2n) is 5.29. The Balaban J connectivity index is 3.45. The summed E-state index contributed by atoms with van der Waals surface area (Å²) in [5, 5.41) is 3.47. The van der Waals surface area contributed by atoms with Crippen molar-refractivity contribution in [3.8, 4) is 0 Å². The van der Waals surface area contributed by atoms with E-state index in [0.717, 1.165) is 45.3 Å². The largest absolute Gasteiger partial charge is 0.380 e. The van der Waals surface area contributed by atoms with E-state index in [4.69, 9.17) is 4.74 Å². The molecule has 0 heterocycles. The van der Waals surface area contributed by atoms with Crippen LogP contribution in [0.3, 0.4) is 0 Å². The third-order valence-electron chi connectivity index (χ3n) is 3.79. The molecule has 19 heavy (non-hydrogen) atoms. The maximum absolute atomic E-state index is 5.53. The van der Waals surface area contributed by atoms with Gasteiger partial charge in [-0.2, -0.15) is 0 Å². The highest BCUT2D eigenvalue weighted by atomic mass is 16.5. The van der Waals surface area contributed by atoms with E-state index >= 15 is 0 Å². The average molecular weight is 272 g/mol. The van der Waals surface area contributed by atoms with Crippen molar-refractivity contribution in [3.63, 3.8) is 0 Å². The van der Waals surface area contributed by atoms with Crippen molar-refractivity contribution in [2.24, 2.45) is 5.92 Å². The fraction of sp³-hybridized carbons (Fsp3) is 1.00. The van der Waals surface area contributed by atoms with E-state index in [-0.39, 0.29) is 0 Å². The van der Waals surface area contributed by atoms with Gasteiger partial charge in [-0.25, -0.2) is 0 Å². The molecule has 1 N–H and O–H groups in total. The summed E-state index contributed by atoms with van der Waals surface area (Å²) in [5.74, 6) is 0.859. The summed E-state index contributed by atoms with van der Waals surface area (Å²) in [5.41, 5.74) is 0. The zero-order valence-electron chi connectivity index (χ0n) is 13.7. The lowest BCUT2D eigenvalue weighted by atomic mass is 10.0. The molecule has 3 heteroatoms. The fourth-order valence-corrected chi connectivity index (χ4v) is 2.15. The van der Waals surface area contributed by atoms with Crippen LogP contribution in [0.2, 0.25) is 0 Å². The first-order valence-electron chi connectivity index (χ1n) is 8.29. The second-order valence-corrected chi connectivity index (χ2v) is 5.29. The number of rotatable bonds is 14. The molecule has 3 nitrogen and oxygen atoms in total. The maximum atomic E-state index is 5.53. The van der Waals surface area contributed by atoms with Gasteiger partial charge in [0, 0.05) is 32.8 Å². The van der Waals surface area contributed by atoms with E-state index in [2.05, 4.69) is 37.9 Å².